The van der Waals surface area contributed by atoms with Crippen LogP contribution in [-0.2, 0) is 0 Å². The molecule has 7 heteroatoms. The van der Waals surface area contributed by atoms with Crippen LogP contribution in [0, 0.1) is 0 Å². The van der Waals surface area contributed by atoms with E-state index in [1.54, 1.807) is 6.07 Å². The molecule has 0 saturated carbocycles. The average Bonchev–Trinajstić information content (AvgIpc) is 3.77. The van der Waals surface area contributed by atoms with Gasteiger partial charge in [-0.15, -0.1) is 0 Å². The Morgan fingerprint density at radius 2 is 1.00 bits per heavy atom. The second-order valence-corrected chi connectivity index (χ2v) is 13.3. The number of aromatic nitrogens is 3. The van der Waals surface area contributed by atoms with Gasteiger partial charge in [-0.2, -0.15) is 0 Å². The Hall–Kier alpha value is -6.31. The molecule has 6 aromatic carbocycles. The van der Waals surface area contributed by atoms with Crippen LogP contribution in [0.3, 0.4) is 0 Å². The van der Waals surface area contributed by atoms with Crippen molar-refractivity contribution in [2.24, 2.45) is 0 Å². The Kier molecular flexibility index (Phi) is 6.22. The SMILES string of the molecule is O=C1c2c(c3c(c4ccccc4n3-c3ccccc3)c3c4ccccc4n(-c4ccccc4)c23)C(=O)N1c1cccc(-c2cccc(Br)c2)n1. The van der Waals surface area contributed by atoms with E-state index in [-0.39, 0.29) is 5.82 Å². The largest absolute Gasteiger partial charge is 0.308 e. The lowest BCUT2D eigenvalue weighted by Crippen LogP contribution is -2.30. The smallest absolute Gasteiger partial charge is 0.269 e. The molecule has 50 heavy (non-hydrogen) atoms. The average molecular weight is 710 g/mol. The summed E-state index contributed by atoms with van der Waals surface area (Å²) >= 11 is 3.56. The number of carbonyl (C=O) groups excluding carboxylic acids is 2. The number of para-hydroxylation sites is 4. The summed E-state index contributed by atoms with van der Waals surface area (Å²) in [5, 5.41) is 3.87. The lowest BCUT2D eigenvalue weighted by Gasteiger charge is -2.14. The van der Waals surface area contributed by atoms with E-state index in [2.05, 4.69) is 49.3 Å². The Morgan fingerprint density at radius 1 is 0.500 bits per heavy atom. The number of hydrogen-bond donors (Lipinski definition) is 0. The lowest BCUT2D eigenvalue weighted by atomic mass is 9.98. The van der Waals surface area contributed by atoms with Crippen LogP contribution in [0.25, 0.3) is 66.2 Å². The van der Waals surface area contributed by atoms with E-state index in [9.17, 15) is 0 Å². The maximum atomic E-state index is 15.1. The lowest BCUT2D eigenvalue weighted by molar-refractivity contribution is 0.0926. The molecule has 0 bridgehead atoms. The number of fused-ring (bicyclic) bond motifs is 10. The summed E-state index contributed by atoms with van der Waals surface area (Å²) in [6.45, 7) is 0. The molecule has 1 aliphatic rings. The van der Waals surface area contributed by atoms with E-state index >= 15 is 9.59 Å². The van der Waals surface area contributed by atoms with Gasteiger partial charge in [0.1, 0.15) is 5.82 Å². The van der Waals surface area contributed by atoms with E-state index in [1.807, 2.05) is 121 Å². The Bertz CT molecular complexity index is 2720. The number of carbonyl (C=O) groups is 2. The van der Waals surface area contributed by atoms with Crippen molar-refractivity contribution in [2.45, 2.75) is 0 Å². The molecular weight excluding hydrogens is 684 g/mol. The third-order valence-electron chi connectivity index (χ3n) is 9.67. The van der Waals surface area contributed by atoms with Crippen LogP contribution in [0.5, 0.6) is 0 Å². The molecule has 10 rings (SSSR count). The van der Waals surface area contributed by atoms with Crippen molar-refractivity contribution in [2.75, 3.05) is 4.90 Å². The summed E-state index contributed by atoms with van der Waals surface area (Å²) in [7, 11) is 0. The number of pyridine rings is 1. The van der Waals surface area contributed by atoms with Crippen LogP contribution < -0.4 is 4.90 Å². The molecule has 1 aliphatic heterocycles. The molecule has 0 saturated heterocycles. The molecular formula is C43H25BrN4O2. The summed E-state index contributed by atoms with van der Waals surface area (Å²) < 4.78 is 5.19. The quantitative estimate of drug-likeness (QED) is 0.171. The van der Waals surface area contributed by atoms with Gasteiger partial charge in [0.2, 0.25) is 0 Å². The van der Waals surface area contributed by atoms with Crippen molar-refractivity contribution in [3.8, 4) is 22.6 Å². The van der Waals surface area contributed by atoms with E-state index < -0.39 is 11.8 Å². The van der Waals surface area contributed by atoms with Crippen molar-refractivity contribution in [1.29, 1.82) is 0 Å². The zero-order valence-corrected chi connectivity index (χ0v) is 28.0. The van der Waals surface area contributed by atoms with E-state index in [0.717, 1.165) is 54.0 Å². The number of nitrogens with zero attached hydrogens (tertiary/aromatic N) is 4. The van der Waals surface area contributed by atoms with E-state index in [0.29, 0.717) is 27.9 Å². The minimum absolute atomic E-state index is 0.278. The van der Waals surface area contributed by atoms with Gasteiger partial charge in [-0.05, 0) is 60.7 Å². The molecule has 9 aromatic rings. The molecule has 0 N–H and O–H groups in total. The van der Waals surface area contributed by atoms with Crippen LogP contribution in [0.15, 0.2) is 156 Å². The fourth-order valence-electron chi connectivity index (χ4n) is 7.68. The van der Waals surface area contributed by atoms with Gasteiger partial charge >= 0.3 is 0 Å². The molecule has 2 amide bonds. The van der Waals surface area contributed by atoms with Gasteiger partial charge in [-0.3, -0.25) is 9.59 Å². The second-order valence-electron chi connectivity index (χ2n) is 12.4. The van der Waals surface area contributed by atoms with Crippen molar-refractivity contribution in [3.05, 3.63) is 167 Å². The molecule has 0 unspecified atom stereocenters. The molecule has 0 radical (unpaired) electrons. The number of halogens is 1. The van der Waals surface area contributed by atoms with Crippen molar-refractivity contribution in [3.63, 3.8) is 0 Å². The van der Waals surface area contributed by atoms with Gasteiger partial charge < -0.3 is 9.13 Å². The van der Waals surface area contributed by atoms with Crippen LogP contribution in [0.1, 0.15) is 20.7 Å². The standard InChI is InChI=1S/C43H25BrN4O2/c44-27-14-11-13-26(25-27)32-21-12-24-35(45-32)48-42(49)38-39(43(48)50)41-37(31-20-8-10-23-34(31)47(41)29-17-5-2-6-18-29)36-30-19-7-9-22-33(30)46(40(36)38)28-15-3-1-4-16-28/h1-25H. The maximum absolute atomic E-state index is 15.1. The van der Waals surface area contributed by atoms with Gasteiger partial charge in [0, 0.05) is 43.0 Å². The monoisotopic (exact) mass is 708 g/mol. The Labute approximate surface area is 294 Å². The number of imide groups is 1. The third-order valence-corrected chi connectivity index (χ3v) is 10.2. The zero-order chi connectivity index (χ0) is 33.5. The number of rotatable bonds is 4. The number of hydrogen-bond acceptors (Lipinski definition) is 3. The first-order chi connectivity index (χ1) is 24.6. The molecule has 236 valence electrons. The van der Waals surface area contributed by atoms with Gasteiger partial charge in [0.25, 0.3) is 11.8 Å². The van der Waals surface area contributed by atoms with Crippen LogP contribution in [0.4, 0.5) is 5.82 Å². The van der Waals surface area contributed by atoms with Crippen LogP contribution in [0.2, 0.25) is 0 Å². The third kappa shape index (κ3) is 3.98. The Morgan fingerprint density at radius 3 is 1.54 bits per heavy atom. The first kappa shape index (κ1) is 28.7. The first-order valence-electron chi connectivity index (χ1n) is 16.3. The summed E-state index contributed by atoms with van der Waals surface area (Å²) in [4.78, 5) is 36.4. The molecule has 6 nitrogen and oxygen atoms in total. The molecule has 0 fully saturated rings. The van der Waals surface area contributed by atoms with Gasteiger partial charge in [-0.25, -0.2) is 9.88 Å². The topological polar surface area (TPSA) is 60.1 Å². The molecule has 4 heterocycles. The fourth-order valence-corrected chi connectivity index (χ4v) is 8.08. The van der Waals surface area contributed by atoms with E-state index in [4.69, 9.17) is 4.98 Å². The second kappa shape index (κ2) is 10.9. The van der Waals surface area contributed by atoms with Gasteiger partial charge in [0.05, 0.1) is 38.9 Å². The van der Waals surface area contributed by atoms with Crippen molar-refractivity contribution in [1.82, 2.24) is 14.1 Å². The highest BCUT2D eigenvalue weighted by Crippen LogP contribution is 2.48. The maximum Gasteiger partial charge on any atom is 0.269 e. The molecule has 0 atom stereocenters. The fraction of sp³-hybridized carbons (Fsp3) is 0. The van der Waals surface area contributed by atoms with Crippen molar-refractivity contribution < 1.29 is 9.59 Å². The predicted octanol–water partition coefficient (Wildman–Crippen LogP) is 10.5. The minimum Gasteiger partial charge on any atom is -0.308 e. The van der Waals surface area contributed by atoms with Gasteiger partial charge in [-0.1, -0.05) is 107 Å². The van der Waals surface area contributed by atoms with Crippen LogP contribution in [-0.4, -0.2) is 25.9 Å². The van der Waals surface area contributed by atoms with E-state index in [1.165, 1.54) is 4.90 Å². The highest BCUT2D eigenvalue weighted by molar-refractivity contribution is 9.10. The zero-order valence-electron chi connectivity index (χ0n) is 26.4. The molecule has 0 aliphatic carbocycles. The predicted molar refractivity (Wildman–Crippen MR) is 204 cm³/mol. The highest BCUT2D eigenvalue weighted by atomic mass is 79.9. The number of benzene rings is 6. The summed E-state index contributed by atoms with van der Waals surface area (Å²) in [5.41, 5.74) is 7.39. The Balaban J connectivity index is 1.38. The van der Waals surface area contributed by atoms with Gasteiger partial charge in [0.15, 0.2) is 0 Å². The van der Waals surface area contributed by atoms with Crippen molar-refractivity contribution >= 4 is 77.2 Å². The molecule has 0 spiro atoms. The first-order valence-corrected chi connectivity index (χ1v) is 17.1. The normalized spacial score (nSPS) is 12.9. The summed E-state index contributed by atoms with van der Waals surface area (Å²) in [6.07, 6.45) is 0. The minimum atomic E-state index is -0.402. The highest BCUT2D eigenvalue weighted by Gasteiger charge is 2.44. The van der Waals surface area contributed by atoms with Crippen LogP contribution >= 0.6 is 15.9 Å². The number of amides is 2. The summed E-state index contributed by atoms with van der Waals surface area (Å²) in [5.74, 6) is -0.527. The molecule has 3 aromatic heterocycles. The summed E-state index contributed by atoms with van der Waals surface area (Å²) in [6, 6.07) is 49.9. The number of anilines is 1.